The molecule has 0 saturated heterocycles. The molecule has 1 N–H and O–H groups in total. The summed E-state index contributed by atoms with van der Waals surface area (Å²) in [6.45, 7) is 0.402. The van der Waals surface area contributed by atoms with Gasteiger partial charge in [-0.15, -0.1) is 11.3 Å². The first-order valence-electron chi connectivity index (χ1n) is 7.20. The van der Waals surface area contributed by atoms with E-state index in [0.29, 0.717) is 17.9 Å². The Balaban J connectivity index is 1.86. The zero-order chi connectivity index (χ0) is 16.7. The quantitative estimate of drug-likeness (QED) is 0.847. The predicted molar refractivity (Wildman–Crippen MR) is 90.4 cm³/mol. The van der Waals surface area contributed by atoms with Gasteiger partial charge in [-0.2, -0.15) is 5.26 Å². The molecule has 0 fully saturated rings. The lowest BCUT2D eigenvalue weighted by Crippen LogP contribution is -2.36. The molecule has 120 valence electrons. The van der Waals surface area contributed by atoms with E-state index in [-0.39, 0.29) is 18.6 Å². The average Bonchev–Trinajstić information content (AvgIpc) is 3.07. The van der Waals surface area contributed by atoms with Crippen molar-refractivity contribution in [3.05, 3.63) is 52.2 Å². The van der Waals surface area contributed by atoms with E-state index >= 15 is 0 Å². The zero-order valence-electron chi connectivity index (χ0n) is 13.2. The molecule has 0 aliphatic carbocycles. The number of para-hydroxylation sites is 1. The van der Waals surface area contributed by atoms with Crippen LogP contribution in [0.4, 0.5) is 0 Å². The van der Waals surface area contributed by atoms with Gasteiger partial charge in [-0.1, -0.05) is 18.2 Å². The van der Waals surface area contributed by atoms with Crippen LogP contribution < -0.4 is 10.1 Å². The third kappa shape index (κ3) is 4.81. The SMILES string of the molecule is CN(C)C(CNC(=O)COc1ccccc1C#N)c1cccs1. The molecule has 1 aromatic carbocycles. The molecular formula is C17H19N3O2S. The van der Waals surface area contributed by atoms with Crippen LogP contribution in [0.15, 0.2) is 41.8 Å². The fraction of sp³-hybridized carbons (Fsp3) is 0.294. The van der Waals surface area contributed by atoms with Gasteiger partial charge in [0.2, 0.25) is 0 Å². The lowest BCUT2D eigenvalue weighted by atomic mass is 10.2. The van der Waals surface area contributed by atoms with Crippen LogP contribution in [0, 0.1) is 11.3 Å². The van der Waals surface area contributed by atoms with E-state index in [4.69, 9.17) is 10.00 Å². The Morgan fingerprint density at radius 1 is 1.35 bits per heavy atom. The Morgan fingerprint density at radius 3 is 2.78 bits per heavy atom. The molecule has 1 amide bonds. The van der Waals surface area contributed by atoms with Gasteiger partial charge in [0.1, 0.15) is 11.8 Å². The molecule has 1 atom stereocenters. The Morgan fingerprint density at radius 2 is 2.13 bits per heavy atom. The zero-order valence-corrected chi connectivity index (χ0v) is 14.0. The molecule has 1 unspecified atom stereocenters. The average molecular weight is 329 g/mol. The number of nitriles is 1. The van der Waals surface area contributed by atoms with Crippen molar-refractivity contribution in [2.75, 3.05) is 27.2 Å². The van der Waals surface area contributed by atoms with Crippen LogP contribution >= 0.6 is 11.3 Å². The van der Waals surface area contributed by atoms with E-state index in [1.165, 1.54) is 4.88 Å². The molecule has 2 aromatic rings. The molecule has 1 aromatic heterocycles. The number of thiophene rings is 1. The molecule has 0 aliphatic heterocycles. The normalized spacial score (nSPS) is 11.7. The van der Waals surface area contributed by atoms with Crippen LogP contribution in [0.2, 0.25) is 0 Å². The Hall–Kier alpha value is -2.36. The molecule has 0 bridgehead atoms. The van der Waals surface area contributed by atoms with Crippen LogP contribution in [0.25, 0.3) is 0 Å². The largest absolute Gasteiger partial charge is 0.482 e. The highest BCUT2D eigenvalue weighted by Gasteiger charge is 2.16. The Labute approximate surface area is 140 Å². The van der Waals surface area contributed by atoms with Crippen LogP contribution in [0.3, 0.4) is 0 Å². The number of hydrogen-bond donors (Lipinski definition) is 1. The number of likely N-dealkylation sites (N-methyl/N-ethyl adjacent to an activating group) is 1. The van der Waals surface area contributed by atoms with E-state index in [1.54, 1.807) is 35.6 Å². The maximum atomic E-state index is 12.0. The molecule has 0 saturated carbocycles. The minimum atomic E-state index is -0.207. The minimum Gasteiger partial charge on any atom is -0.482 e. The number of nitrogens with zero attached hydrogens (tertiary/aromatic N) is 2. The van der Waals surface area contributed by atoms with Crippen LogP contribution in [0.5, 0.6) is 5.75 Å². The number of carbonyl (C=O) groups is 1. The number of rotatable bonds is 7. The number of carbonyl (C=O) groups excluding carboxylic acids is 1. The molecule has 6 heteroatoms. The highest BCUT2D eigenvalue weighted by molar-refractivity contribution is 7.10. The maximum Gasteiger partial charge on any atom is 0.258 e. The van der Waals surface area contributed by atoms with E-state index in [2.05, 4.69) is 16.3 Å². The van der Waals surface area contributed by atoms with Gasteiger partial charge in [0.05, 0.1) is 11.6 Å². The summed E-state index contributed by atoms with van der Waals surface area (Å²) in [4.78, 5) is 15.2. The van der Waals surface area contributed by atoms with Gasteiger partial charge in [-0.3, -0.25) is 4.79 Å². The van der Waals surface area contributed by atoms with Gasteiger partial charge in [0, 0.05) is 11.4 Å². The highest BCUT2D eigenvalue weighted by atomic mass is 32.1. The van der Waals surface area contributed by atoms with Gasteiger partial charge < -0.3 is 15.0 Å². The second-order valence-corrected chi connectivity index (χ2v) is 6.17. The standard InChI is InChI=1S/C17H19N3O2S/c1-20(2)14(16-8-5-9-23-16)11-19-17(21)12-22-15-7-4-3-6-13(15)10-18/h3-9,14H,11-12H2,1-2H3,(H,19,21). The summed E-state index contributed by atoms with van der Waals surface area (Å²) in [6.07, 6.45) is 0. The lowest BCUT2D eigenvalue weighted by Gasteiger charge is -2.23. The molecule has 5 nitrogen and oxygen atoms in total. The van der Waals surface area contributed by atoms with E-state index < -0.39 is 0 Å². The summed E-state index contributed by atoms with van der Waals surface area (Å²) in [5.41, 5.74) is 0.421. The van der Waals surface area contributed by atoms with Gasteiger partial charge in [0.25, 0.3) is 5.91 Å². The van der Waals surface area contributed by atoms with Gasteiger partial charge in [0.15, 0.2) is 6.61 Å². The minimum absolute atomic E-state index is 0.108. The lowest BCUT2D eigenvalue weighted by molar-refractivity contribution is -0.123. The van der Waals surface area contributed by atoms with E-state index in [0.717, 1.165) is 0 Å². The summed E-state index contributed by atoms with van der Waals surface area (Å²) in [5, 5.41) is 13.9. The maximum absolute atomic E-state index is 12.0. The highest BCUT2D eigenvalue weighted by Crippen LogP contribution is 2.22. The molecule has 1 heterocycles. The van der Waals surface area contributed by atoms with Crippen molar-refractivity contribution in [1.82, 2.24) is 10.2 Å². The van der Waals surface area contributed by atoms with Gasteiger partial charge in [-0.05, 0) is 37.7 Å². The summed E-state index contributed by atoms with van der Waals surface area (Å²) in [6, 6.07) is 13.1. The smallest absolute Gasteiger partial charge is 0.258 e. The first-order valence-corrected chi connectivity index (χ1v) is 8.08. The third-order valence-corrected chi connectivity index (χ3v) is 4.33. The Kier molecular flexibility index (Phi) is 6.15. The van der Waals surface area contributed by atoms with Crippen molar-refractivity contribution in [3.8, 4) is 11.8 Å². The molecule has 0 aliphatic rings. The number of ether oxygens (including phenoxy) is 1. The van der Waals surface area contributed by atoms with Crippen molar-refractivity contribution < 1.29 is 9.53 Å². The van der Waals surface area contributed by atoms with Crippen molar-refractivity contribution in [2.24, 2.45) is 0 Å². The molecule has 0 radical (unpaired) electrons. The summed E-state index contributed by atoms with van der Waals surface area (Å²) in [7, 11) is 3.96. The summed E-state index contributed by atoms with van der Waals surface area (Å²) < 4.78 is 5.43. The van der Waals surface area contributed by atoms with Gasteiger partial charge >= 0.3 is 0 Å². The number of nitrogens with one attached hydrogen (secondary N) is 1. The fourth-order valence-corrected chi connectivity index (χ4v) is 3.03. The first-order chi connectivity index (χ1) is 11.1. The summed E-state index contributed by atoms with van der Waals surface area (Å²) >= 11 is 1.67. The van der Waals surface area contributed by atoms with Crippen LogP contribution in [0.1, 0.15) is 16.5 Å². The van der Waals surface area contributed by atoms with Crippen LogP contribution in [-0.2, 0) is 4.79 Å². The third-order valence-electron chi connectivity index (χ3n) is 3.35. The number of amides is 1. The van der Waals surface area contributed by atoms with E-state index in [9.17, 15) is 4.79 Å². The topological polar surface area (TPSA) is 65.4 Å². The molecular weight excluding hydrogens is 310 g/mol. The number of benzene rings is 1. The Bertz CT molecular complexity index is 677. The van der Waals surface area contributed by atoms with Crippen molar-refractivity contribution >= 4 is 17.2 Å². The monoisotopic (exact) mass is 329 g/mol. The summed E-state index contributed by atoms with van der Waals surface area (Å²) in [5.74, 6) is 0.216. The molecule has 2 rings (SSSR count). The second-order valence-electron chi connectivity index (χ2n) is 5.20. The second kappa shape index (κ2) is 8.32. The van der Waals surface area contributed by atoms with Crippen molar-refractivity contribution in [2.45, 2.75) is 6.04 Å². The predicted octanol–water partition coefficient (Wildman–Crippen LogP) is 2.42. The molecule has 0 spiro atoms. The fourth-order valence-electron chi connectivity index (χ4n) is 2.11. The van der Waals surface area contributed by atoms with E-state index in [1.807, 2.05) is 31.6 Å². The van der Waals surface area contributed by atoms with Crippen LogP contribution in [-0.4, -0.2) is 38.1 Å². The number of hydrogen-bond acceptors (Lipinski definition) is 5. The van der Waals surface area contributed by atoms with Crippen molar-refractivity contribution in [3.63, 3.8) is 0 Å². The first kappa shape index (κ1) is 17.0. The molecule has 23 heavy (non-hydrogen) atoms. The van der Waals surface area contributed by atoms with Crippen molar-refractivity contribution in [1.29, 1.82) is 5.26 Å². The van der Waals surface area contributed by atoms with Gasteiger partial charge in [-0.25, -0.2) is 0 Å².